The first-order valence-corrected chi connectivity index (χ1v) is 14.3. The molecule has 1 N–H and O–H groups in total. The maximum Gasteiger partial charge on any atom is 0.132 e. The SMILES string of the molecule is CC(CCl)COc1ccc(C(C)(C)c2ccc(OCC(O)CN3CCSCC3)cc2)cc1I. The fourth-order valence-electron chi connectivity index (χ4n) is 3.74. The quantitative estimate of drug-likeness (QED) is 0.265. The Morgan fingerprint density at radius 2 is 1.73 bits per heavy atom. The number of β-amino-alcohol motifs (C(OH)–C–C–N with tert-alkyl or cyclic N) is 1. The molecule has 7 heteroatoms. The lowest BCUT2D eigenvalue weighted by atomic mass is 9.78. The summed E-state index contributed by atoms with van der Waals surface area (Å²) >= 11 is 10.2. The monoisotopic (exact) mass is 603 g/mol. The molecular formula is C26H35ClINO3S. The minimum absolute atomic E-state index is 0.161. The zero-order chi connectivity index (χ0) is 23.8. The Labute approximate surface area is 221 Å². The molecule has 0 aliphatic carbocycles. The van der Waals surface area contributed by atoms with Gasteiger partial charge in [0.05, 0.1) is 10.2 Å². The number of benzene rings is 2. The highest BCUT2D eigenvalue weighted by atomic mass is 127. The molecule has 0 bridgehead atoms. The summed E-state index contributed by atoms with van der Waals surface area (Å²) in [7, 11) is 0. The van der Waals surface area contributed by atoms with Crippen molar-refractivity contribution in [1.82, 2.24) is 4.90 Å². The van der Waals surface area contributed by atoms with Crippen LogP contribution in [0.15, 0.2) is 42.5 Å². The highest BCUT2D eigenvalue weighted by Crippen LogP contribution is 2.35. The van der Waals surface area contributed by atoms with Gasteiger partial charge in [0.15, 0.2) is 0 Å². The number of aliphatic hydroxyl groups is 1. The van der Waals surface area contributed by atoms with Crippen LogP contribution in [0.25, 0.3) is 0 Å². The minimum atomic E-state index is -0.473. The second kappa shape index (κ2) is 12.9. The Balaban J connectivity index is 1.57. The Hall–Kier alpha value is -0.670. The van der Waals surface area contributed by atoms with Gasteiger partial charge in [-0.1, -0.05) is 39.0 Å². The smallest absolute Gasteiger partial charge is 0.132 e. The standard InChI is InChI=1S/C26H35ClINO3S/c1-19(15-27)17-32-25-9-6-21(14-24(25)28)26(2,3)20-4-7-23(8-5-20)31-18-22(30)16-29-10-12-33-13-11-29/h4-9,14,19,22,30H,10-13,15-18H2,1-3H3. The van der Waals surface area contributed by atoms with Crippen molar-refractivity contribution in [3.05, 3.63) is 57.2 Å². The summed E-state index contributed by atoms with van der Waals surface area (Å²) in [6.07, 6.45) is -0.473. The van der Waals surface area contributed by atoms with Gasteiger partial charge in [-0.2, -0.15) is 11.8 Å². The first-order chi connectivity index (χ1) is 15.8. The van der Waals surface area contributed by atoms with E-state index < -0.39 is 6.10 Å². The van der Waals surface area contributed by atoms with Crippen molar-refractivity contribution in [2.45, 2.75) is 32.3 Å². The van der Waals surface area contributed by atoms with Crippen molar-refractivity contribution in [3.63, 3.8) is 0 Å². The largest absolute Gasteiger partial charge is 0.492 e. The molecule has 1 aliphatic rings. The molecule has 0 aromatic heterocycles. The van der Waals surface area contributed by atoms with Crippen molar-refractivity contribution >= 4 is 46.0 Å². The Kier molecular flexibility index (Phi) is 10.5. The Bertz CT molecular complexity index is 874. The first kappa shape index (κ1) is 26.9. The van der Waals surface area contributed by atoms with Crippen molar-refractivity contribution in [1.29, 1.82) is 0 Å². The number of halogens is 2. The van der Waals surface area contributed by atoms with Crippen LogP contribution in [0.1, 0.15) is 31.9 Å². The number of thioether (sulfide) groups is 1. The van der Waals surface area contributed by atoms with E-state index in [1.165, 1.54) is 11.1 Å². The van der Waals surface area contributed by atoms with Crippen LogP contribution in [-0.2, 0) is 5.41 Å². The van der Waals surface area contributed by atoms with E-state index in [1.807, 2.05) is 23.9 Å². The second-order valence-electron chi connectivity index (χ2n) is 9.24. The molecule has 2 aromatic carbocycles. The van der Waals surface area contributed by atoms with Gasteiger partial charge in [0.2, 0.25) is 0 Å². The molecule has 0 spiro atoms. The van der Waals surface area contributed by atoms with Crippen LogP contribution >= 0.6 is 46.0 Å². The van der Waals surface area contributed by atoms with Gasteiger partial charge in [0.1, 0.15) is 24.2 Å². The molecule has 3 rings (SSSR count). The molecule has 1 aliphatic heterocycles. The number of ether oxygens (including phenoxy) is 2. The molecule has 0 radical (unpaired) electrons. The van der Waals surface area contributed by atoms with E-state index in [-0.39, 0.29) is 5.41 Å². The highest BCUT2D eigenvalue weighted by molar-refractivity contribution is 14.1. The van der Waals surface area contributed by atoms with Gasteiger partial charge >= 0.3 is 0 Å². The average molecular weight is 604 g/mol. The van der Waals surface area contributed by atoms with Gasteiger partial charge in [-0.25, -0.2) is 0 Å². The van der Waals surface area contributed by atoms with Crippen LogP contribution in [0.2, 0.25) is 0 Å². The predicted octanol–water partition coefficient (Wildman–Crippen LogP) is 5.66. The molecule has 2 unspecified atom stereocenters. The number of aliphatic hydroxyl groups excluding tert-OH is 1. The van der Waals surface area contributed by atoms with Gasteiger partial charge < -0.3 is 14.6 Å². The van der Waals surface area contributed by atoms with E-state index in [4.69, 9.17) is 21.1 Å². The lowest BCUT2D eigenvalue weighted by molar-refractivity contribution is 0.0715. The van der Waals surface area contributed by atoms with Crippen LogP contribution in [0.3, 0.4) is 0 Å². The summed E-state index contributed by atoms with van der Waals surface area (Å²) in [5, 5.41) is 10.3. The molecule has 0 saturated carbocycles. The maximum atomic E-state index is 10.3. The molecule has 33 heavy (non-hydrogen) atoms. The van der Waals surface area contributed by atoms with E-state index in [1.54, 1.807) is 0 Å². The molecule has 2 aromatic rings. The third-order valence-electron chi connectivity index (χ3n) is 6.03. The van der Waals surface area contributed by atoms with Gasteiger partial charge in [-0.15, -0.1) is 11.6 Å². The zero-order valence-corrected chi connectivity index (χ0v) is 23.5. The van der Waals surface area contributed by atoms with Gasteiger partial charge in [-0.05, 0) is 58.0 Å². The summed E-state index contributed by atoms with van der Waals surface area (Å²) in [6.45, 7) is 10.2. The van der Waals surface area contributed by atoms with E-state index in [9.17, 15) is 5.11 Å². The topological polar surface area (TPSA) is 41.9 Å². The summed E-state index contributed by atoms with van der Waals surface area (Å²) in [6, 6.07) is 14.6. The van der Waals surface area contributed by atoms with E-state index >= 15 is 0 Å². The number of alkyl halides is 1. The molecule has 4 nitrogen and oxygen atoms in total. The minimum Gasteiger partial charge on any atom is -0.492 e. The molecule has 1 heterocycles. The van der Waals surface area contributed by atoms with Crippen LogP contribution in [0.5, 0.6) is 11.5 Å². The van der Waals surface area contributed by atoms with Crippen LogP contribution in [-0.4, -0.2) is 66.3 Å². The van der Waals surface area contributed by atoms with E-state index in [0.29, 0.717) is 31.6 Å². The van der Waals surface area contributed by atoms with Crippen molar-refractivity contribution in [2.75, 3.05) is 50.2 Å². The fourth-order valence-corrected chi connectivity index (χ4v) is 5.48. The van der Waals surface area contributed by atoms with Crippen molar-refractivity contribution in [3.8, 4) is 11.5 Å². The van der Waals surface area contributed by atoms with Crippen LogP contribution < -0.4 is 9.47 Å². The summed E-state index contributed by atoms with van der Waals surface area (Å²) in [4.78, 5) is 2.31. The molecule has 0 amide bonds. The molecule has 1 fully saturated rings. The van der Waals surface area contributed by atoms with E-state index in [0.717, 1.165) is 39.7 Å². The summed E-state index contributed by atoms with van der Waals surface area (Å²) in [5.41, 5.74) is 2.28. The Morgan fingerprint density at radius 1 is 1.06 bits per heavy atom. The molecular weight excluding hydrogens is 569 g/mol. The predicted molar refractivity (Wildman–Crippen MR) is 148 cm³/mol. The highest BCUT2D eigenvalue weighted by Gasteiger charge is 2.24. The third-order valence-corrected chi connectivity index (χ3v) is 8.34. The Morgan fingerprint density at radius 3 is 2.36 bits per heavy atom. The number of nitrogens with zero attached hydrogens (tertiary/aromatic N) is 1. The lowest BCUT2D eigenvalue weighted by Gasteiger charge is -2.28. The normalized spacial score (nSPS) is 16.9. The van der Waals surface area contributed by atoms with Gasteiger partial charge in [0.25, 0.3) is 0 Å². The van der Waals surface area contributed by atoms with Crippen LogP contribution in [0, 0.1) is 9.49 Å². The fraction of sp³-hybridized carbons (Fsp3) is 0.538. The number of hydrogen-bond acceptors (Lipinski definition) is 5. The summed E-state index contributed by atoms with van der Waals surface area (Å²) < 4.78 is 12.9. The molecule has 2 atom stereocenters. The third kappa shape index (κ3) is 7.92. The average Bonchev–Trinajstić information content (AvgIpc) is 2.82. The zero-order valence-electron chi connectivity index (χ0n) is 19.7. The van der Waals surface area contributed by atoms with Gasteiger partial charge in [0, 0.05) is 48.4 Å². The summed E-state index contributed by atoms with van der Waals surface area (Å²) in [5.74, 6) is 4.90. The second-order valence-corrected chi connectivity index (χ2v) is 11.9. The van der Waals surface area contributed by atoms with E-state index in [2.05, 4.69) is 78.6 Å². The van der Waals surface area contributed by atoms with Crippen molar-refractivity contribution in [2.24, 2.45) is 5.92 Å². The van der Waals surface area contributed by atoms with Crippen molar-refractivity contribution < 1.29 is 14.6 Å². The molecule has 182 valence electrons. The number of rotatable bonds is 11. The number of hydrogen-bond donors (Lipinski definition) is 1. The lowest BCUT2D eigenvalue weighted by Crippen LogP contribution is -2.40. The maximum absolute atomic E-state index is 10.3. The first-order valence-electron chi connectivity index (χ1n) is 11.5. The molecule has 1 saturated heterocycles. The van der Waals surface area contributed by atoms with Gasteiger partial charge in [-0.3, -0.25) is 4.90 Å². The van der Waals surface area contributed by atoms with Crippen LogP contribution in [0.4, 0.5) is 0 Å².